The largest absolute Gasteiger partial charge is 0.310 e. The Morgan fingerprint density at radius 3 is 0.613 bits per heavy atom. The zero-order valence-corrected chi connectivity index (χ0v) is 44.4. The summed E-state index contributed by atoms with van der Waals surface area (Å²) in [6.45, 7) is 33.2. The summed E-state index contributed by atoms with van der Waals surface area (Å²) >= 11 is 0. The lowest BCUT2D eigenvalue weighted by Crippen LogP contribution is -3.06. The molecule has 0 spiro atoms. The highest BCUT2D eigenvalue weighted by Crippen LogP contribution is 1.99. The van der Waals surface area contributed by atoms with E-state index >= 15 is 0 Å². The monoisotopic (exact) mass is 865 g/mol. The number of hydrogen-bond donors (Lipinski definition) is 4. The van der Waals surface area contributed by atoms with Gasteiger partial charge in [0.1, 0.15) is 22.7 Å². The van der Waals surface area contributed by atoms with Crippen molar-refractivity contribution in [3.05, 3.63) is 121 Å². The third-order valence-corrected chi connectivity index (χ3v) is 10.4. The topological polar surface area (TPSA) is 30.7 Å². The van der Waals surface area contributed by atoms with Crippen LogP contribution >= 0.6 is 0 Å². The molecule has 4 rings (SSSR count). The van der Waals surface area contributed by atoms with Crippen LogP contribution in [0, 0.1) is 0 Å². The van der Waals surface area contributed by atoms with Crippen molar-refractivity contribution >= 4 is 22.7 Å². The summed E-state index contributed by atoms with van der Waals surface area (Å²) in [7, 11) is 21.0. The van der Waals surface area contributed by atoms with Gasteiger partial charge < -0.3 is 39.2 Å². The summed E-state index contributed by atoms with van der Waals surface area (Å²) in [6, 6.07) is 42.1. The Bertz CT molecular complexity index is 1250. The average Bonchev–Trinajstić information content (AvgIpc) is 3.33. The van der Waals surface area contributed by atoms with Crippen LogP contribution in [-0.2, 0) is 0 Å². The molecule has 0 aliphatic heterocycles. The number of benzene rings is 4. The first-order chi connectivity index (χ1) is 29.5. The van der Waals surface area contributed by atoms with Crippen LogP contribution in [-0.4, -0.2) is 156 Å². The standard InChI is InChI=1S/C10H15N.3C9H13N.C5H13N.3C4H11N/c1-3-11(4-2)10-8-6-5-7-9-10;3*1-3-10(2)9-7-5-4-6-8-9;1-4-6(3)5-2;3*1-4-5(2)3/h5-9H,3-4H2,1-2H3;3*4-8H,3H2,1-2H3;4-5H2,1-3H3;3*4H2,1-3H3/p+4. The van der Waals surface area contributed by atoms with E-state index in [1.54, 1.807) is 4.90 Å². The molecule has 0 aliphatic rings. The molecule has 3 unspecified atom stereocenters. The Hall–Kier alpha value is -3.44. The first-order valence-electron chi connectivity index (χ1n) is 23.7. The Morgan fingerprint density at radius 1 is 0.290 bits per heavy atom. The lowest BCUT2D eigenvalue weighted by Gasteiger charge is -2.13. The summed E-state index contributed by atoms with van der Waals surface area (Å²) in [5.74, 6) is 0. The first kappa shape index (κ1) is 65.2. The Balaban J connectivity index is -0.000000317. The SMILES string of the molecule is CCN(C)C.CCN(C)C.CCN(C)C.CCN(C)CC.CC[NH+](C)c1ccccc1.CC[NH+](C)c1ccccc1.CC[NH+](C)c1ccccc1.CC[NH+](CC)c1ccccc1. The molecule has 0 bridgehead atoms. The third kappa shape index (κ3) is 41.9. The van der Waals surface area contributed by atoms with Gasteiger partial charge >= 0.3 is 0 Å². The maximum absolute atomic E-state index is 2.25. The summed E-state index contributed by atoms with van der Waals surface area (Å²) in [5, 5.41) is 0. The third-order valence-electron chi connectivity index (χ3n) is 10.4. The number of nitrogens with zero attached hydrogens (tertiary/aromatic N) is 4. The summed E-state index contributed by atoms with van der Waals surface area (Å²) in [5.41, 5.74) is 5.50. The summed E-state index contributed by atoms with van der Waals surface area (Å²) in [4.78, 5) is 14.5. The highest BCUT2D eigenvalue weighted by atomic mass is 15.1. The van der Waals surface area contributed by atoms with Gasteiger partial charge in [0.25, 0.3) is 0 Å². The molecule has 62 heavy (non-hydrogen) atoms. The van der Waals surface area contributed by atoms with Gasteiger partial charge in [-0.1, -0.05) is 107 Å². The summed E-state index contributed by atoms with van der Waals surface area (Å²) < 4.78 is 0. The van der Waals surface area contributed by atoms with Crippen molar-refractivity contribution in [3.8, 4) is 0 Å². The quantitative estimate of drug-likeness (QED) is 0.117. The molecule has 356 valence electrons. The van der Waals surface area contributed by atoms with E-state index in [0.717, 1.165) is 52.4 Å². The number of hydrogen-bond acceptors (Lipinski definition) is 4. The van der Waals surface area contributed by atoms with E-state index in [0.29, 0.717) is 0 Å². The smallest absolute Gasteiger partial charge is 0.131 e. The van der Waals surface area contributed by atoms with Crippen molar-refractivity contribution in [2.75, 3.05) is 136 Å². The maximum atomic E-state index is 2.25. The minimum atomic E-state index is 1.14. The van der Waals surface area contributed by atoms with Crippen molar-refractivity contribution in [2.45, 2.75) is 69.2 Å². The van der Waals surface area contributed by atoms with Gasteiger partial charge in [0.15, 0.2) is 0 Å². The van der Waals surface area contributed by atoms with Crippen LogP contribution in [0.15, 0.2) is 121 Å². The summed E-state index contributed by atoms with van der Waals surface area (Å²) in [6.07, 6.45) is 0. The molecule has 4 N–H and O–H groups in total. The van der Waals surface area contributed by atoms with Crippen molar-refractivity contribution in [3.63, 3.8) is 0 Å². The average molecular weight is 865 g/mol. The molecule has 0 saturated carbocycles. The van der Waals surface area contributed by atoms with Crippen LogP contribution < -0.4 is 19.6 Å². The zero-order chi connectivity index (χ0) is 48.1. The molecule has 0 saturated heterocycles. The number of para-hydroxylation sites is 4. The van der Waals surface area contributed by atoms with Crippen LogP contribution in [0.1, 0.15) is 69.2 Å². The molecule has 3 atom stereocenters. The molecule has 4 aromatic rings. The van der Waals surface area contributed by atoms with Gasteiger partial charge in [-0.25, -0.2) is 0 Å². The first-order valence-corrected chi connectivity index (χ1v) is 23.7. The fourth-order valence-corrected chi connectivity index (χ4v) is 4.34. The molecule has 0 aliphatic carbocycles. The van der Waals surface area contributed by atoms with Crippen LogP contribution in [0.4, 0.5) is 22.7 Å². The van der Waals surface area contributed by atoms with Crippen molar-refractivity contribution in [1.29, 1.82) is 0 Å². The second-order valence-corrected chi connectivity index (χ2v) is 15.9. The molecule has 0 amide bonds. The van der Waals surface area contributed by atoms with E-state index in [2.05, 4.69) is 262 Å². The van der Waals surface area contributed by atoms with E-state index in [4.69, 9.17) is 0 Å². The second-order valence-electron chi connectivity index (χ2n) is 15.9. The predicted octanol–water partition coefficient (Wildman–Crippen LogP) is 6.46. The molecule has 0 heterocycles. The Labute approximate surface area is 387 Å². The van der Waals surface area contributed by atoms with Gasteiger partial charge in [0.05, 0.1) is 53.9 Å². The predicted molar refractivity (Wildman–Crippen MR) is 280 cm³/mol. The molecular weight excluding hydrogens is 761 g/mol. The number of quaternary nitrogens is 4. The van der Waals surface area contributed by atoms with Gasteiger partial charge in [-0.05, 0) is 165 Å². The molecule has 0 aromatic heterocycles. The van der Waals surface area contributed by atoms with Gasteiger partial charge in [-0.3, -0.25) is 0 Å². The van der Waals surface area contributed by atoms with Crippen LogP contribution in [0.2, 0.25) is 0 Å². The van der Waals surface area contributed by atoms with E-state index in [-0.39, 0.29) is 0 Å². The molecule has 8 heteroatoms. The minimum Gasteiger partial charge on any atom is -0.310 e. The lowest BCUT2D eigenvalue weighted by molar-refractivity contribution is -0.828. The van der Waals surface area contributed by atoms with Gasteiger partial charge in [-0.2, -0.15) is 0 Å². The molecule has 0 radical (unpaired) electrons. The number of rotatable bonds is 14. The fourth-order valence-electron chi connectivity index (χ4n) is 4.34. The van der Waals surface area contributed by atoms with Crippen LogP contribution in [0.25, 0.3) is 0 Å². The molecular formula is C54H104N8+4. The molecule has 8 nitrogen and oxygen atoms in total. The van der Waals surface area contributed by atoms with Gasteiger partial charge in [-0.15, -0.1) is 0 Å². The van der Waals surface area contributed by atoms with E-state index in [1.807, 2.05) is 18.2 Å². The lowest BCUT2D eigenvalue weighted by atomic mass is 10.3. The fraction of sp³-hybridized carbons (Fsp3) is 0.556. The van der Waals surface area contributed by atoms with Crippen molar-refractivity contribution in [1.82, 2.24) is 19.6 Å². The Morgan fingerprint density at radius 2 is 0.484 bits per heavy atom. The van der Waals surface area contributed by atoms with E-state index in [9.17, 15) is 0 Å². The van der Waals surface area contributed by atoms with E-state index < -0.39 is 0 Å². The van der Waals surface area contributed by atoms with Gasteiger partial charge in [0, 0.05) is 0 Å². The van der Waals surface area contributed by atoms with Crippen LogP contribution in [0.5, 0.6) is 0 Å². The molecule has 4 aromatic carbocycles. The normalized spacial score (nSPS) is 11.4. The highest BCUT2D eigenvalue weighted by molar-refractivity contribution is 5.29. The number of nitrogens with one attached hydrogen (secondary N) is 4. The minimum absolute atomic E-state index is 1.14. The van der Waals surface area contributed by atoms with Crippen molar-refractivity contribution in [2.24, 2.45) is 0 Å². The Kier molecular flexibility index (Phi) is 49.5. The second kappa shape index (κ2) is 47.0. The molecule has 0 fully saturated rings. The highest BCUT2D eigenvalue weighted by Gasteiger charge is 2.04. The maximum Gasteiger partial charge on any atom is 0.131 e. The van der Waals surface area contributed by atoms with Gasteiger partial charge in [0.2, 0.25) is 0 Å². The van der Waals surface area contributed by atoms with Crippen LogP contribution in [0.3, 0.4) is 0 Å². The zero-order valence-electron chi connectivity index (χ0n) is 44.4. The van der Waals surface area contributed by atoms with E-state index in [1.165, 1.54) is 50.5 Å². The van der Waals surface area contributed by atoms with Crippen molar-refractivity contribution < 1.29 is 19.6 Å².